The van der Waals surface area contributed by atoms with E-state index in [4.69, 9.17) is 5.73 Å². The van der Waals surface area contributed by atoms with Gasteiger partial charge >= 0.3 is 0 Å². The number of nitrogens with zero attached hydrogens (tertiary/aromatic N) is 2. The van der Waals surface area contributed by atoms with Gasteiger partial charge in [0.25, 0.3) is 0 Å². The number of carbonyl (C=O) groups is 1. The smallest absolute Gasteiger partial charge is 0.239 e. The first kappa shape index (κ1) is 17.8. The lowest BCUT2D eigenvalue weighted by atomic mass is 10.1. The molecule has 1 aromatic carbocycles. The third-order valence-corrected chi connectivity index (χ3v) is 4.06. The van der Waals surface area contributed by atoms with Gasteiger partial charge in [-0.1, -0.05) is 12.1 Å². The highest BCUT2D eigenvalue weighted by Gasteiger charge is 2.32. The number of hydrogen-bond donors (Lipinski definition) is 1. The van der Waals surface area contributed by atoms with E-state index in [2.05, 4.69) is 11.0 Å². The Hall–Kier alpha value is -1.26. The van der Waals surface area contributed by atoms with Crippen LogP contribution in [0.1, 0.15) is 32.3 Å². The van der Waals surface area contributed by atoms with Gasteiger partial charge < -0.3 is 10.6 Å². The SMILES string of the molecule is CCN(CC)C(=O)C1CCCN1Cc1cccc(N)c1.Cl. The van der Waals surface area contributed by atoms with Crippen molar-refractivity contribution in [2.24, 2.45) is 0 Å². The summed E-state index contributed by atoms with van der Waals surface area (Å²) in [6.45, 7) is 7.46. The van der Waals surface area contributed by atoms with Crippen LogP contribution >= 0.6 is 12.4 Å². The number of benzene rings is 1. The van der Waals surface area contributed by atoms with E-state index in [-0.39, 0.29) is 24.4 Å². The number of likely N-dealkylation sites (tertiary alicyclic amines) is 1. The fourth-order valence-corrected chi connectivity index (χ4v) is 2.97. The van der Waals surface area contributed by atoms with Crippen molar-refractivity contribution in [3.63, 3.8) is 0 Å². The van der Waals surface area contributed by atoms with Crippen LogP contribution in [0.15, 0.2) is 24.3 Å². The normalized spacial score (nSPS) is 18.3. The summed E-state index contributed by atoms with van der Waals surface area (Å²) in [5.41, 5.74) is 7.79. The van der Waals surface area contributed by atoms with Crippen LogP contribution in [-0.4, -0.2) is 41.4 Å². The average molecular weight is 312 g/mol. The Bertz CT molecular complexity index is 463. The highest BCUT2D eigenvalue weighted by atomic mass is 35.5. The van der Waals surface area contributed by atoms with Crippen molar-refractivity contribution in [3.8, 4) is 0 Å². The zero-order chi connectivity index (χ0) is 14.5. The van der Waals surface area contributed by atoms with E-state index < -0.39 is 0 Å². The number of nitrogens with two attached hydrogens (primary N) is 1. The molecule has 1 aliphatic heterocycles. The van der Waals surface area contributed by atoms with E-state index in [9.17, 15) is 4.79 Å². The molecule has 1 fully saturated rings. The summed E-state index contributed by atoms with van der Waals surface area (Å²) < 4.78 is 0. The number of amides is 1. The summed E-state index contributed by atoms with van der Waals surface area (Å²) in [6, 6.07) is 7.98. The van der Waals surface area contributed by atoms with Crippen LogP contribution in [0.5, 0.6) is 0 Å². The van der Waals surface area contributed by atoms with Crippen LogP contribution in [0.3, 0.4) is 0 Å². The van der Waals surface area contributed by atoms with Crippen LogP contribution in [0.25, 0.3) is 0 Å². The molecule has 5 heteroatoms. The van der Waals surface area contributed by atoms with Crippen molar-refractivity contribution in [2.75, 3.05) is 25.4 Å². The van der Waals surface area contributed by atoms with Gasteiger partial charge in [-0.3, -0.25) is 9.69 Å². The fraction of sp³-hybridized carbons (Fsp3) is 0.562. The van der Waals surface area contributed by atoms with E-state index in [0.29, 0.717) is 0 Å². The second-order valence-electron chi connectivity index (χ2n) is 5.38. The summed E-state index contributed by atoms with van der Waals surface area (Å²) in [4.78, 5) is 16.8. The number of likely N-dealkylation sites (N-methyl/N-ethyl adjacent to an activating group) is 1. The maximum absolute atomic E-state index is 12.5. The Morgan fingerprint density at radius 1 is 1.38 bits per heavy atom. The predicted octanol–water partition coefficient (Wildman–Crippen LogP) is 2.52. The van der Waals surface area contributed by atoms with Gasteiger partial charge in [0, 0.05) is 25.3 Å². The van der Waals surface area contributed by atoms with E-state index >= 15 is 0 Å². The number of hydrogen-bond acceptors (Lipinski definition) is 3. The number of rotatable bonds is 5. The molecular weight excluding hydrogens is 286 g/mol. The Labute approximate surface area is 133 Å². The molecule has 0 saturated carbocycles. The van der Waals surface area contributed by atoms with Gasteiger partial charge in [-0.25, -0.2) is 0 Å². The Morgan fingerprint density at radius 3 is 2.71 bits per heavy atom. The molecule has 0 radical (unpaired) electrons. The van der Waals surface area contributed by atoms with Crippen LogP contribution < -0.4 is 5.73 Å². The van der Waals surface area contributed by atoms with Crippen molar-refractivity contribution in [2.45, 2.75) is 39.3 Å². The highest BCUT2D eigenvalue weighted by molar-refractivity contribution is 5.85. The van der Waals surface area contributed by atoms with Crippen molar-refractivity contribution in [3.05, 3.63) is 29.8 Å². The largest absolute Gasteiger partial charge is 0.399 e. The van der Waals surface area contributed by atoms with Gasteiger partial charge in [0.05, 0.1) is 6.04 Å². The lowest BCUT2D eigenvalue weighted by molar-refractivity contribution is -0.135. The molecule has 21 heavy (non-hydrogen) atoms. The third kappa shape index (κ3) is 4.35. The van der Waals surface area contributed by atoms with Crippen LogP contribution in [0, 0.1) is 0 Å². The minimum Gasteiger partial charge on any atom is -0.399 e. The van der Waals surface area contributed by atoms with Crippen LogP contribution in [-0.2, 0) is 11.3 Å². The highest BCUT2D eigenvalue weighted by Crippen LogP contribution is 2.22. The maximum Gasteiger partial charge on any atom is 0.239 e. The van der Waals surface area contributed by atoms with E-state index in [1.54, 1.807) is 0 Å². The molecule has 2 N–H and O–H groups in total. The van der Waals surface area contributed by atoms with Gasteiger partial charge in [0.15, 0.2) is 0 Å². The lowest BCUT2D eigenvalue weighted by Gasteiger charge is -2.29. The maximum atomic E-state index is 12.5. The molecule has 0 aliphatic carbocycles. The molecule has 1 amide bonds. The number of halogens is 1. The molecule has 1 aliphatic rings. The van der Waals surface area contributed by atoms with Gasteiger partial charge in [-0.15, -0.1) is 12.4 Å². The number of nitrogen functional groups attached to an aromatic ring is 1. The molecule has 1 heterocycles. The molecular formula is C16H26ClN3O. The van der Waals surface area contributed by atoms with Crippen molar-refractivity contribution < 1.29 is 4.79 Å². The van der Waals surface area contributed by atoms with Gasteiger partial charge in [0.2, 0.25) is 5.91 Å². The molecule has 1 saturated heterocycles. The molecule has 118 valence electrons. The summed E-state index contributed by atoms with van der Waals surface area (Å²) in [7, 11) is 0. The molecule has 1 unspecified atom stereocenters. The third-order valence-electron chi connectivity index (χ3n) is 4.06. The first-order valence-corrected chi connectivity index (χ1v) is 7.53. The van der Waals surface area contributed by atoms with Gasteiger partial charge in [-0.05, 0) is 50.9 Å². The molecule has 2 rings (SSSR count). The Morgan fingerprint density at radius 2 is 2.10 bits per heavy atom. The summed E-state index contributed by atoms with van der Waals surface area (Å²) in [5, 5.41) is 0. The first-order chi connectivity index (χ1) is 9.65. The quantitative estimate of drug-likeness (QED) is 0.850. The molecule has 4 nitrogen and oxygen atoms in total. The minimum atomic E-state index is 0. The van der Waals surface area contributed by atoms with Gasteiger partial charge in [0.1, 0.15) is 0 Å². The first-order valence-electron chi connectivity index (χ1n) is 7.53. The van der Waals surface area contributed by atoms with Crippen LogP contribution in [0.4, 0.5) is 5.69 Å². The summed E-state index contributed by atoms with van der Waals surface area (Å²) >= 11 is 0. The zero-order valence-electron chi connectivity index (χ0n) is 12.9. The van der Waals surface area contributed by atoms with E-state index in [0.717, 1.165) is 44.7 Å². The topological polar surface area (TPSA) is 49.6 Å². The second kappa shape index (κ2) is 8.25. The molecule has 1 atom stereocenters. The number of anilines is 1. The van der Waals surface area contributed by atoms with Crippen molar-refractivity contribution in [1.29, 1.82) is 0 Å². The van der Waals surface area contributed by atoms with E-state index in [1.807, 2.05) is 36.9 Å². The Balaban J connectivity index is 0.00000220. The summed E-state index contributed by atoms with van der Waals surface area (Å²) in [5.74, 6) is 0.274. The van der Waals surface area contributed by atoms with E-state index in [1.165, 1.54) is 5.56 Å². The monoisotopic (exact) mass is 311 g/mol. The number of carbonyl (C=O) groups excluding carboxylic acids is 1. The Kier molecular flexibility index (Phi) is 6.99. The van der Waals surface area contributed by atoms with Crippen LogP contribution in [0.2, 0.25) is 0 Å². The molecule has 0 aromatic heterocycles. The lowest BCUT2D eigenvalue weighted by Crippen LogP contribution is -2.45. The zero-order valence-corrected chi connectivity index (χ0v) is 13.7. The average Bonchev–Trinajstić information content (AvgIpc) is 2.88. The second-order valence-corrected chi connectivity index (χ2v) is 5.38. The minimum absolute atomic E-state index is 0. The molecule has 1 aromatic rings. The standard InChI is InChI=1S/C16H25N3O.ClH/c1-3-18(4-2)16(20)15-9-6-10-19(15)12-13-7-5-8-14(17)11-13;/h5,7-8,11,15H,3-4,6,9-10,12,17H2,1-2H3;1H. The fourth-order valence-electron chi connectivity index (χ4n) is 2.97. The van der Waals surface area contributed by atoms with Crippen molar-refractivity contribution >= 4 is 24.0 Å². The van der Waals surface area contributed by atoms with Crippen molar-refractivity contribution in [1.82, 2.24) is 9.80 Å². The predicted molar refractivity (Wildman–Crippen MR) is 89.5 cm³/mol. The molecule has 0 bridgehead atoms. The molecule has 0 spiro atoms. The summed E-state index contributed by atoms with van der Waals surface area (Å²) in [6.07, 6.45) is 2.07. The van der Waals surface area contributed by atoms with Gasteiger partial charge in [-0.2, -0.15) is 0 Å².